The average Bonchev–Trinajstić information content (AvgIpc) is 3.25. The van der Waals surface area contributed by atoms with Gasteiger partial charge in [-0.05, 0) is 17.0 Å². The fourth-order valence-corrected chi connectivity index (χ4v) is 4.00. The Balaban J connectivity index is 1.95. The highest BCUT2D eigenvalue weighted by Gasteiger charge is 2.28. The van der Waals surface area contributed by atoms with E-state index in [-0.39, 0.29) is 16.7 Å². The van der Waals surface area contributed by atoms with Crippen molar-refractivity contribution < 1.29 is 24.2 Å². The summed E-state index contributed by atoms with van der Waals surface area (Å²) in [6.45, 7) is 7.46. The van der Waals surface area contributed by atoms with Crippen LogP contribution < -0.4 is 15.8 Å². The van der Waals surface area contributed by atoms with E-state index in [4.69, 9.17) is 14.9 Å². The molecule has 1 atom stereocenters. The Morgan fingerprint density at radius 3 is 2.65 bits per heavy atom. The quantitative estimate of drug-likeness (QED) is 0.301. The summed E-state index contributed by atoms with van der Waals surface area (Å²) in [6, 6.07) is 10.2. The molecule has 0 fully saturated rings. The Hall–Kier alpha value is -3.62. The molecule has 1 unspecified atom stereocenters. The lowest BCUT2D eigenvalue weighted by Gasteiger charge is -2.24. The third-order valence-corrected chi connectivity index (χ3v) is 5.50. The van der Waals surface area contributed by atoms with Gasteiger partial charge in [-0.2, -0.15) is 0 Å². The van der Waals surface area contributed by atoms with E-state index in [0.717, 1.165) is 5.56 Å². The molecule has 0 aliphatic carbocycles. The van der Waals surface area contributed by atoms with Crippen LogP contribution in [0.2, 0.25) is 0 Å². The maximum absolute atomic E-state index is 12.1. The van der Waals surface area contributed by atoms with E-state index >= 15 is 0 Å². The Morgan fingerprint density at radius 2 is 1.97 bits per heavy atom. The van der Waals surface area contributed by atoms with Crippen LogP contribution in [0.1, 0.15) is 48.3 Å². The van der Waals surface area contributed by atoms with Gasteiger partial charge in [0, 0.05) is 47.1 Å². The number of pyridine rings is 1. The number of nitrogens with one attached hydrogen (secondary N) is 1. The highest BCUT2D eigenvalue weighted by atomic mass is 16.5. The number of ether oxygens (including phenoxy) is 1. The average molecular weight is 464 g/mol. The molecule has 8 nitrogen and oxygen atoms in total. The van der Waals surface area contributed by atoms with Crippen LogP contribution in [0.25, 0.3) is 21.7 Å². The first kappa shape index (κ1) is 23.5. The molecule has 2 aromatic heterocycles. The zero-order chi connectivity index (χ0) is 24.5. The minimum absolute atomic E-state index is 0.0181. The molecular formula is C26H29N3O5. The lowest BCUT2D eigenvalue weighted by Crippen LogP contribution is -2.28. The number of carboxylic acids is 1. The van der Waals surface area contributed by atoms with Crippen LogP contribution in [-0.2, 0) is 0 Å². The number of phenolic OH excluding ortho intramolecular Hbond substituents is 1. The topological polar surface area (TPSA) is 131 Å². The molecule has 0 aliphatic rings. The van der Waals surface area contributed by atoms with E-state index in [9.17, 15) is 15.0 Å². The molecule has 0 saturated heterocycles. The summed E-state index contributed by atoms with van der Waals surface area (Å²) >= 11 is 0. The first-order chi connectivity index (χ1) is 16.2. The van der Waals surface area contributed by atoms with Gasteiger partial charge in [0.2, 0.25) is 5.88 Å². The maximum atomic E-state index is 12.1. The summed E-state index contributed by atoms with van der Waals surface area (Å²) in [7, 11) is 0. The van der Waals surface area contributed by atoms with Crippen molar-refractivity contribution in [2.45, 2.75) is 26.8 Å². The smallest absolute Gasteiger partial charge is 0.339 e. The lowest BCUT2D eigenvalue weighted by atomic mass is 9.90. The number of hydrogen-bond acceptors (Lipinski definition) is 7. The van der Waals surface area contributed by atoms with Gasteiger partial charge in [0.15, 0.2) is 0 Å². The molecule has 2 heterocycles. The summed E-state index contributed by atoms with van der Waals surface area (Å²) in [5, 5.41) is 26.2. The number of nitrogens with two attached hydrogens (primary N) is 1. The zero-order valence-corrected chi connectivity index (χ0v) is 19.5. The molecule has 5 N–H and O–H groups in total. The Labute approximate surface area is 197 Å². The molecule has 0 amide bonds. The van der Waals surface area contributed by atoms with Crippen molar-refractivity contribution in [3.05, 3.63) is 65.5 Å². The van der Waals surface area contributed by atoms with E-state index in [2.05, 4.69) is 31.1 Å². The number of fused-ring (bicyclic) bond motifs is 3. The summed E-state index contributed by atoms with van der Waals surface area (Å²) < 4.78 is 11.6. The third kappa shape index (κ3) is 4.55. The highest BCUT2D eigenvalue weighted by Crippen LogP contribution is 2.44. The molecule has 0 radical (unpaired) electrons. The van der Waals surface area contributed by atoms with Crippen LogP contribution in [0.5, 0.6) is 11.6 Å². The van der Waals surface area contributed by atoms with Gasteiger partial charge in [0.05, 0.1) is 12.6 Å². The fraction of sp³-hybridized carbons (Fsp3) is 0.308. The van der Waals surface area contributed by atoms with Gasteiger partial charge in [-0.25, -0.2) is 9.78 Å². The molecule has 2 aromatic carbocycles. The van der Waals surface area contributed by atoms with Gasteiger partial charge in [-0.1, -0.05) is 45.0 Å². The fourth-order valence-electron chi connectivity index (χ4n) is 4.00. The number of furan rings is 1. The summed E-state index contributed by atoms with van der Waals surface area (Å²) in [5.74, 6) is -0.721. The molecule has 4 rings (SSSR count). The maximum Gasteiger partial charge on any atom is 0.339 e. The Kier molecular flexibility index (Phi) is 6.45. The highest BCUT2D eigenvalue weighted by molar-refractivity contribution is 6.15. The number of rotatable bonds is 8. The van der Waals surface area contributed by atoms with Crippen molar-refractivity contribution >= 4 is 27.7 Å². The van der Waals surface area contributed by atoms with Gasteiger partial charge in [-0.15, -0.1) is 0 Å². The van der Waals surface area contributed by atoms with Crippen LogP contribution in [-0.4, -0.2) is 40.9 Å². The molecule has 0 bridgehead atoms. The molecule has 178 valence electrons. The van der Waals surface area contributed by atoms with E-state index < -0.39 is 12.0 Å². The predicted molar refractivity (Wildman–Crippen MR) is 130 cm³/mol. The molecule has 0 saturated carbocycles. The number of aromatic hydroxyl groups is 1. The molecule has 0 spiro atoms. The second-order valence-corrected chi connectivity index (χ2v) is 9.42. The third-order valence-electron chi connectivity index (χ3n) is 5.50. The first-order valence-electron chi connectivity index (χ1n) is 11.1. The number of carbonyl (C=O) groups is 1. The van der Waals surface area contributed by atoms with Gasteiger partial charge >= 0.3 is 5.97 Å². The van der Waals surface area contributed by atoms with E-state index in [1.165, 1.54) is 6.26 Å². The van der Waals surface area contributed by atoms with Crippen molar-refractivity contribution in [3.8, 4) is 11.6 Å². The summed E-state index contributed by atoms with van der Waals surface area (Å²) in [4.78, 5) is 16.4. The van der Waals surface area contributed by atoms with Crippen molar-refractivity contribution in [1.29, 1.82) is 0 Å². The van der Waals surface area contributed by atoms with Gasteiger partial charge in [-0.3, -0.25) is 0 Å². The van der Waals surface area contributed by atoms with Gasteiger partial charge in [0.1, 0.15) is 23.2 Å². The molecule has 8 heteroatoms. The van der Waals surface area contributed by atoms with Crippen molar-refractivity contribution in [3.63, 3.8) is 0 Å². The minimum atomic E-state index is -1.14. The normalized spacial score (nSPS) is 12.8. The van der Waals surface area contributed by atoms with Crippen LogP contribution in [0.4, 0.5) is 0 Å². The molecular weight excluding hydrogens is 434 g/mol. The molecule has 34 heavy (non-hydrogen) atoms. The largest absolute Gasteiger partial charge is 0.507 e. The van der Waals surface area contributed by atoms with Gasteiger partial charge < -0.3 is 30.4 Å². The van der Waals surface area contributed by atoms with E-state index in [1.54, 1.807) is 30.5 Å². The second kappa shape index (κ2) is 9.32. The van der Waals surface area contributed by atoms with E-state index in [1.807, 2.05) is 12.1 Å². The van der Waals surface area contributed by atoms with Crippen molar-refractivity contribution in [1.82, 2.24) is 10.3 Å². The van der Waals surface area contributed by atoms with Gasteiger partial charge in [0.25, 0.3) is 0 Å². The SMILES string of the molecule is CC(C)(C)COc1cc(C(NCCN)c2c(O)c3ccccc3c3occ(C(=O)O)c23)ccn1. The van der Waals surface area contributed by atoms with Crippen LogP contribution in [0.15, 0.2) is 53.3 Å². The monoisotopic (exact) mass is 463 g/mol. The predicted octanol–water partition coefficient (Wildman–Crippen LogP) is 4.45. The number of phenols is 1. The number of carboxylic acid groups (broad SMARTS) is 1. The minimum Gasteiger partial charge on any atom is -0.507 e. The number of aromatic nitrogens is 1. The van der Waals surface area contributed by atoms with Crippen LogP contribution in [0.3, 0.4) is 0 Å². The molecule has 0 aliphatic heterocycles. The van der Waals surface area contributed by atoms with Crippen LogP contribution >= 0.6 is 0 Å². The van der Waals surface area contributed by atoms with Crippen molar-refractivity contribution in [2.24, 2.45) is 11.1 Å². The Morgan fingerprint density at radius 1 is 1.24 bits per heavy atom. The number of hydrogen-bond donors (Lipinski definition) is 4. The number of aromatic carboxylic acids is 1. The number of benzene rings is 2. The van der Waals surface area contributed by atoms with Crippen molar-refractivity contribution in [2.75, 3.05) is 19.7 Å². The first-order valence-corrected chi connectivity index (χ1v) is 11.1. The standard InChI is InChI=1S/C26H29N3O5/c1-26(2,3)14-34-19-12-15(8-10-28-19)22(29-11-9-27)21-20-18(25(31)32)13-33-24(20)17-7-5-4-6-16(17)23(21)30/h4-8,10,12-13,22,29-30H,9,11,14,27H2,1-3H3,(H,31,32). The van der Waals surface area contributed by atoms with Crippen LogP contribution in [0, 0.1) is 5.41 Å². The van der Waals surface area contributed by atoms with E-state index in [0.29, 0.717) is 52.9 Å². The second-order valence-electron chi connectivity index (χ2n) is 9.42. The lowest BCUT2D eigenvalue weighted by molar-refractivity contribution is 0.0698. The molecule has 4 aromatic rings. The number of nitrogens with zero attached hydrogens (tertiary/aromatic N) is 1. The summed E-state index contributed by atoms with van der Waals surface area (Å²) in [5.41, 5.74) is 7.26. The Bertz CT molecular complexity index is 1340. The zero-order valence-electron chi connectivity index (χ0n) is 19.5. The summed E-state index contributed by atoms with van der Waals surface area (Å²) in [6.07, 6.45) is 2.85.